The van der Waals surface area contributed by atoms with Crippen LogP contribution in [0.25, 0.3) is 0 Å². The molecule has 1 spiro atoms. The van der Waals surface area contributed by atoms with E-state index >= 15 is 0 Å². The molecule has 0 radical (unpaired) electrons. The topological polar surface area (TPSA) is 38.7 Å². The Morgan fingerprint density at radius 1 is 1.44 bits per heavy atom. The molecule has 1 fully saturated rings. The molecular formula is C15H26O3. The molecule has 0 amide bonds. The Morgan fingerprint density at radius 3 is 2.56 bits per heavy atom. The minimum absolute atomic E-state index is 0.127. The molecule has 2 rings (SSSR count). The quantitative estimate of drug-likeness (QED) is 0.770. The summed E-state index contributed by atoms with van der Waals surface area (Å²) in [6, 6.07) is 0. The minimum Gasteiger partial charge on any atom is -0.385 e. The van der Waals surface area contributed by atoms with Crippen molar-refractivity contribution < 1.29 is 14.6 Å². The lowest BCUT2D eigenvalue weighted by Gasteiger charge is -2.51. The zero-order chi connectivity index (χ0) is 13.6. The predicted molar refractivity (Wildman–Crippen MR) is 71.2 cm³/mol. The molecule has 3 nitrogen and oxygen atoms in total. The Morgan fingerprint density at radius 2 is 2.11 bits per heavy atom. The highest BCUT2D eigenvalue weighted by molar-refractivity contribution is 5.27. The van der Waals surface area contributed by atoms with Crippen LogP contribution < -0.4 is 0 Å². The molecule has 1 heterocycles. The van der Waals surface area contributed by atoms with E-state index in [1.54, 1.807) is 0 Å². The molecule has 104 valence electrons. The smallest absolute Gasteiger partial charge is 0.189 e. The van der Waals surface area contributed by atoms with Gasteiger partial charge in [0.2, 0.25) is 0 Å². The third kappa shape index (κ3) is 2.02. The van der Waals surface area contributed by atoms with Crippen molar-refractivity contribution in [1.29, 1.82) is 0 Å². The Kier molecular flexibility index (Phi) is 3.37. The van der Waals surface area contributed by atoms with Gasteiger partial charge in [0.15, 0.2) is 5.79 Å². The zero-order valence-electron chi connectivity index (χ0n) is 12.2. The standard InChI is InChI=1S/C15H26O3/c1-6-7-15(16)11(2)8-14(10-13(15,4)5)17-9-12(3)18-14/h8,12,16H,6-7,9-10H2,1-5H3. The second kappa shape index (κ2) is 4.32. The molecule has 1 aliphatic carbocycles. The molecule has 0 aromatic carbocycles. The molecule has 1 N–H and O–H groups in total. The summed E-state index contributed by atoms with van der Waals surface area (Å²) in [6.45, 7) is 11.0. The van der Waals surface area contributed by atoms with Gasteiger partial charge in [0.1, 0.15) is 0 Å². The summed E-state index contributed by atoms with van der Waals surface area (Å²) in [5.41, 5.74) is -0.00744. The lowest BCUT2D eigenvalue weighted by atomic mass is 9.62. The van der Waals surface area contributed by atoms with E-state index in [1.165, 1.54) is 0 Å². The molecule has 2 aliphatic rings. The summed E-state index contributed by atoms with van der Waals surface area (Å²) in [6.07, 6.45) is 4.59. The van der Waals surface area contributed by atoms with Crippen LogP contribution in [0.1, 0.15) is 53.9 Å². The average molecular weight is 254 g/mol. The monoisotopic (exact) mass is 254 g/mol. The van der Waals surface area contributed by atoms with E-state index in [1.807, 2.05) is 19.9 Å². The Labute approximate surface area is 110 Å². The summed E-state index contributed by atoms with van der Waals surface area (Å²) >= 11 is 0. The van der Waals surface area contributed by atoms with Crippen LogP contribution in [-0.2, 0) is 9.47 Å². The molecule has 0 aromatic rings. The fourth-order valence-electron chi connectivity index (χ4n) is 3.53. The Bertz CT molecular complexity index is 361. The van der Waals surface area contributed by atoms with E-state index in [0.717, 1.165) is 18.4 Å². The summed E-state index contributed by atoms with van der Waals surface area (Å²) in [5.74, 6) is -0.618. The van der Waals surface area contributed by atoms with Crippen molar-refractivity contribution in [2.45, 2.75) is 71.4 Å². The van der Waals surface area contributed by atoms with Gasteiger partial charge in [0, 0.05) is 11.8 Å². The summed E-state index contributed by atoms with van der Waals surface area (Å²) < 4.78 is 11.8. The van der Waals surface area contributed by atoms with Crippen LogP contribution in [-0.4, -0.2) is 29.2 Å². The maximum atomic E-state index is 11.0. The number of ether oxygens (including phenoxy) is 2. The highest BCUT2D eigenvalue weighted by atomic mass is 16.7. The second-order valence-corrected chi connectivity index (χ2v) is 6.55. The molecule has 0 bridgehead atoms. The van der Waals surface area contributed by atoms with Crippen molar-refractivity contribution in [2.75, 3.05) is 6.61 Å². The Hall–Kier alpha value is -0.380. The highest BCUT2D eigenvalue weighted by Crippen LogP contribution is 2.52. The minimum atomic E-state index is -0.744. The first kappa shape index (κ1) is 14.0. The van der Waals surface area contributed by atoms with Crippen LogP contribution in [0.5, 0.6) is 0 Å². The number of aliphatic hydroxyl groups is 1. The van der Waals surface area contributed by atoms with E-state index in [-0.39, 0.29) is 11.5 Å². The van der Waals surface area contributed by atoms with Gasteiger partial charge in [-0.15, -0.1) is 0 Å². The van der Waals surface area contributed by atoms with Gasteiger partial charge in [0.05, 0.1) is 18.3 Å². The van der Waals surface area contributed by atoms with Gasteiger partial charge in [-0.25, -0.2) is 0 Å². The summed E-state index contributed by atoms with van der Waals surface area (Å²) in [5, 5.41) is 11.0. The summed E-state index contributed by atoms with van der Waals surface area (Å²) in [7, 11) is 0. The van der Waals surface area contributed by atoms with E-state index in [9.17, 15) is 5.11 Å². The van der Waals surface area contributed by atoms with Crippen molar-refractivity contribution >= 4 is 0 Å². The predicted octanol–water partition coefficient (Wildman–Crippen LogP) is 3.03. The van der Waals surface area contributed by atoms with Crippen molar-refractivity contribution in [3.05, 3.63) is 11.6 Å². The van der Waals surface area contributed by atoms with Crippen LogP contribution >= 0.6 is 0 Å². The van der Waals surface area contributed by atoms with Crippen molar-refractivity contribution in [2.24, 2.45) is 5.41 Å². The van der Waals surface area contributed by atoms with Gasteiger partial charge in [-0.2, -0.15) is 0 Å². The first-order valence-corrected chi connectivity index (χ1v) is 6.99. The van der Waals surface area contributed by atoms with Crippen LogP contribution in [0.4, 0.5) is 0 Å². The van der Waals surface area contributed by atoms with Gasteiger partial charge >= 0.3 is 0 Å². The molecule has 18 heavy (non-hydrogen) atoms. The van der Waals surface area contributed by atoms with E-state index < -0.39 is 11.4 Å². The normalized spacial score (nSPS) is 43.2. The van der Waals surface area contributed by atoms with Gasteiger partial charge in [-0.1, -0.05) is 27.2 Å². The van der Waals surface area contributed by atoms with Crippen LogP contribution in [0.2, 0.25) is 0 Å². The third-order valence-electron chi connectivity index (χ3n) is 4.47. The summed E-state index contributed by atoms with van der Waals surface area (Å²) in [4.78, 5) is 0. The third-order valence-corrected chi connectivity index (χ3v) is 4.47. The van der Waals surface area contributed by atoms with Crippen molar-refractivity contribution in [3.8, 4) is 0 Å². The second-order valence-electron chi connectivity index (χ2n) is 6.55. The maximum Gasteiger partial charge on any atom is 0.189 e. The van der Waals surface area contributed by atoms with Gasteiger partial charge in [-0.3, -0.25) is 0 Å². The van der Waals surface area contributed by atoms with E-state index in [4.69, 9.17) is 9.47 Å². The van der Waals surface area contributed by atoms with E-state index in [2.05, 4.69) is 20.8 Å². The molecule has 3 atom stereocenters. The number of hydrogen-bond donors (Lipinski definition) is 1. The first-order valence-electron chi connectivity index (χ1n) is 6.99. The molecule has 3 unspecified atom stereocenters. The van der Waals surface area contributed by atoms with Crippen LogP contribution in [0, 0.1) is 5.41 Å². The molecule has 1 aliphatic heterocycles. The first-order chi connectivity index (χ1) is 8.25. The van der Waals surface area contributed by atoms with E-state index in [0.29, 0.717) is 13.0 Å². The van der Waals surface area contributed by atoms with Crippen LogP contribution in [0.3, 0.4) is 0 Å². The SMILES string of the molecule is CCCC1(O)C(C)=CC2(CC1(C)C)OCC(C)O2. The molecule has 0 aromatic heterocycles. The fourth-order valence-corrected chi connectivity index (χ4v) is 3.53. The van der Waals surface area contributed by atoms with Gasteiger partial charge < -0.3 is 14.6 Å². The molecular weight excluding hydrogens is 228 g/mol. The number of rotatable bonds is 2. The lowest BCUT2D eigenvalue weighted by Crippen LogP contribution is -2.54. The zero-order valence-corrected chi connectivity index (χ0v) is 12.2. The maximum absolute atomic E-state index is 11.0. The fraction of sp³-hybridized carbons (Fsp3) is 0.867. The molecule has 0 saturated carbocycles. The van der Waals surface area contributed by atoms with Gasteiger partial charge in [0.25, 0.3) is 0 Å². The highest BCUT2D eigenvalue weighted by Gasteiger charge is 2.55. The lowest BCUT2D eigenvalue weighted by molar-refractivity contribution is -0.187. The van der Waals surface area contributed by atoms with Crippen molar-refractivity contribution in [3.63, 3.8) is 0 Å². The molecule has 3 heteroatoms. The average Bonchev–Trinajstić information content (AvgIpc) is 2.57. The largest absolute Gasteiger partial charge is 0.385 e. The van der Waals surface area contributed by atoms with Crippen LogP contribution in [0.15, 0.2) is 11.6 Å². The van der Waals surface area contributed by atoms with Crippen molar-refractivity contribution in [1.82, 2.24) is 0 Å². The van der Waals surface area contributed by atoms with Gasteiger partial charge in [-0.05, 0) is 31.9 Å². The molecule has 1 saturated heterocycles. The number of hydrogen-bond acceptors (Lipinski definition) is 3. The Balaban J connectivity index is 2.37.